The Bertz CT molecular complexity index is 538. The van der Waals surface area contributed by atoms with Gasteiger partial charge in [0.2, 0.25) is 0 Å². The lowest BCUT2D eigenvalue weighted by atomic mass is 10.1. The van der Waals surface area contributed by atoms with Crippen LogP contribution in [0.5, 0.6) is 0 Å². The predicted octanol–water partition coefficient (Wildman–Crippen LogP) is 2.68. The molecule has 0 nitrogen and oxygen atoms in total. The highest BCUT2D eigenvalue weighted by atomic mass is 31.2. The lowest BCUT2D eigenvalue weighted by Gasteiger charge is -2.37. The number of hydrogen-bond acceptors (Lipinski definition) is 0. The van der Waals surface area contributed by atoms with Crippen LogP contribution in [0.15, 0.2) is 54.6 Å². The molecule has 83 valence electrons. The summed E-state index contributed by atoms with van der Waals surface area (Å²) in [5, 5.41) is 2.73. The second kappa shape index (κ2) is 4.00. The van der Waals surface area contributed by atoms with Crippen molar-refractivity contribution in [2.75, 3.05) is 0 Å². The number of fused-ring (bicyclic) bond motifs is 1. The van der Waals surface area contributed by atoms with Crippen LogP contribution in [0, 0.1) is 0 Å². The van der Waals surface area contributed by atoms with E-state index >= 15 is 0 Å². The molecule has 2 atom stereocenters. The minimum absolute atomic E-state index is 0.558. The zero-order valence-corrected chi connectivity index (χ0v) is 10.9. The second-order valence-corrected chi connectivity index (χ2v) is 8.23. The predicted molar refractivity (Wildman–Crippen MR) is 78.0 cm³/mol. The molecule has 1 heterocycles. The molecule has 0 aromatic heterocycles. The van der Waals surface area contributed by atoms with Crippen molar-refractivity contribution in [1.82, 2.24) is 0 Å². The third-order valence-electron chi connectivity index (χ3n) is 3.78. The summed E-state index contributed by atoms with van der Waals surface area (Å²) in [6, 6.07) is 19.3. The maximum Gasteiger partial charge on any atom is 0.0503 e. The Hall–Kier alpha value is -1.07. The molecule has 0 saturated carbocycles. The van der Waals surface area contributed by atoms with Crippen LogP contribution in [0.1, 0.15) is 12.5 Å². The molecule has 0 N–H and O–H groups in total. The molecule has 2 heteroatoms. The van der Waals surface area contributed by atoms with Crippen molar-refractivity contribution in [3.63, 3.8) is 0 Å². The van der Waals surface area contributed by atoms with Gasteiger partial charge in [-0.2, -0.15) is 7.14 Å². The summed E-state index contributed by atoms with van der Waals surface area (Å²) in [4.78, 5) is 0. The van der Waals surface area contributed by atoms with Gasteiger partial charge < -0.3 is 0 Å². The van der Waals surface area contributed by atoms with Crippen LogP contribution >= 0.6 is 7.14 Å². The first-order valence-corrected chi connectivity index (χ1v) is 7.97. The Labute approximate surface area is 105 Å². The molecule has 2 aromatic rings. The average Bonchev–Trinajstić information content (AvgIpc) is 2.64. The van der Waals surface area contributed by atoms with Gasteiger partial charge >= 0.3 is 0 Å². The molecule has 0 bridgehead atoms. The summed E-state index contributed by atoms with van der Waals surface area (Å²) in [5.41, 5.74) is 2.00. The monoisotopic (exact) mass is 237 g/mol. The highest BCUT2D eigenvalue weighted by Crippen LogP contribution is 2.61. The first-order valence-electron chi connectivity index (χ1n) is 6.04. The van der Waals surface area contributed by atoms with E-state index in [0.717, 1.165) is 6.42 Å². The van der Waals surface area contributed by atoms with Crippen molar-refractivity contribution in [1.29, 1.82) is 0 Å². The second-order valence-electron chi connectivity index (χ2n) is 4.79. The number of benzene rings is 2. The Morgan fingerprint density at radius 3 is 2.41 bits per heavy atom. The Balaban J connectivity index is 2.20. The summed E-state index contributed by atoms with van der Waals surface area (Å²) < 4.78 is 0. The van der Waals surface area contributed by atoms with Gasteiger partial charge in [-0.15, -0.1) is 0 Å². The van der Waals surface area contributed by atoms with Crippen LogP contribution in [0.4, 0.5) is 0 Å². The third kappa shape index (κ3) is 1.57. The highest BCUT2D eigenvalue weighted by molar-refractivity contribution is 8.09. The standard InChI is InChI=1S/C15H15BP/c1-12-11-13-7-5-6-10-15(13)17(12,16)14-8-3-2-4-9-14/h2-10,12H,11H2,1H3/t12-,17?/m1/s1. The van der Waals surface area contributed by atoms with Gasteiger partial charge in [0.05, 0.1) is 5.30 Å². The van der Waals surface area contributed by atoms with Crippen molar-refractivity contribution in [3.8, 4) is 0 Å². The normalized spacial score (nSPS) is 26.8. The fourth-order valence-corrected chi connectivity index (χ4v) is 6.20. The van der Waals surface area contributed by atoms with E-state index in [0.29, 0.717) is 5.66 Å². The summed E-state index contributed by atoms with van der Waals surface area (Å²) >= 11 is 0. The molecule has 17 heavy (non-hydrogen) atoms. The summed E-state index contributed by atoms with van der Waals surface area (Å²) in [6.07, 6.45) is 1.12. The Kier molecular flexibility index (Phi) is 2.60. The van der Waals surface area contributed by atoms with E-state index < -0.39 is 7.14 Å². The van der Waals surface area contributed by atoms with Gasteiger partial charge in [-0.25, -0.2) is 0 Å². The molecule has 0 fully saturated rings. The molecule has 3 rings (SSSR count). The molecule has 0 amide bonds. The molecule has 2 aromatic carbocycles. The van der Waals surface area contributed by atoms with Gasteiger partial charge in [-0.3, -0.25) is 7.57 Å². The van der Waals surface area contributed by atoms with E-state index in [4.69, 9.17) is 7.57 Å². The van der Waals surface area contributed by atoms with Crippen LogP contribution in [0.2, 0.25) is 0 Å². The molecule has 1 aliphatic rings. The maximum atomic E-state index is 6.85. The molecule has 0 spiro atoms. The Morgan fingerprint density at radius 2 is 1.65 bits per heavy atom. The molecule has 3 radical (unpaired) electrons. The van der Waals surface area contributed by atoms with E-state index in [-0.39, 0.29) is 0 Å². The quantitative estimate of drug-likeness (QED) is 0.528. The lowest BCUT2D eigenvalue weighted by molar-refractivity contribution is 0.960. The Morgan fingerprint density at radius 1 is 1.00 bits per heavy atom. The SMILES string of the molecule is [B-][P+]1(c2ccccc2)c2ccccc2C[C@H]1C. The van der Waals surface area contributed by atoms with Gasteiger partial charge in [0.1, 0.15) is 0 Å². The van der Waals surface area contributed by atoms with Crippen LogP contribution in [0.25, 0.3) is 0 Å². The fraction of sp³-hybridized carbons (Fsp3) is 0.200. The summed E-state index contributed by atoms with van der Waals surface area (Å²) in [5.74, 6) is 0. The van der Waals surface area contributed by atoms with Gasteiger partial charge in [-0.05, 0) is 30.7 Å². The van der Waals surface area contributed by atoms with Crippen LogP contribution in [-0.2, 0) is 6.42 Å². The van der Waals surface area contributed by atoms with Crippen LogP contribution in [0.3, 0.4) is 0 Å². The molecule has 0 aliphatic carbocycles. The van der Waals surface area contributed by atoms with E-state index in [9.17, 15) is 0 Å². The average molecular weight is 237 g/mol. The largest absolute Gasteiger partial charge is 0.291 e. The van der Waals surface area contributed by atoms with E-state index in [2.05, 4.69) is 61.5 Å². The van der Waals surface area contributed by atoms with Crippen LogP contribution < -0.4 is 10.6 Å². The van der Waals surface area contributed by atoms with Gasteiger partial charge in [0.25, 0.3) is 0 Å². The zero-order chi connectivity index (χ0) is 11.9. The van der Waals surface area contributed by atoms with Crippen molar-refractivity contribution in [2.45, 2.75) is 19.0 Å². The fourth-order valence-electron chi connectivity index (χ4n) is 2.81. The topological polar surface area (TPSA) is 0 Å². The van der Waals surface area contributed by atoms with Crippen molar-refractivity contribution in [2.24, 2.45) is 0 Å². The van der Waals surface area contributed by atoms with Gasteiger partial charge in [-0.1, -0.05) is 36.4 Å². The first kappa shape index (κ1) is 11.0. The summed E-state index contributed by atoms with van der Waals surface area (Å²) in [7, 11) is 5.19. The lowest BCUT2D eigenvalue weighted by Crippen LogP contribution is -2.25. The van der Waals surface area contributed by atoms with Gasteiger partial charge in [0, 0.05) is 17.4 Å². The van der Waals surface area contributed by atoms with E-state index in [1.165, 1.54) is 16.2 Å². The zero-order valence-electron chi connectivity index (χ0n) is 10.0. The van der Waals surface area contributed by atoms with Crippen molar-refractivity contribution < 1.29 is 0 Å². The van der Waals surface area contributed by atoms with E-state index in [1.807, 2.05) is 0 Å². The maximum absolute atomic E-state index is 6.85. The molecular weight excluding hydrogens is 222 g/mol. The minimum Gasteiger partial charge on any atom is -0.291 e. The molecule has 1 unspecified atom stereocenters. The molecule has 1 aliphatic heterocycles. The highest BCUT2D eigenvalue weighted by Gasteiger charge is 2.38. The smallest absolute Gasteiger partial charge is 0.0503 e. The third-order valence-corrected chi connectivity index (χ3v) is 7.74. The molecule has 0 saturated heterocycles. The number of hydrogen-bond donors (Lipinski definition) is 0. The number of rotatable bonds is 1. The van der Waals surface area contributed by atoms with Gasteiger partial charge in [0.15, 0.2) is 0 Å². The summed E-state index contributed by atoms with van der Waals surface area (Å²) in [6.45, 7) is 2.29. The van der Waals surface area contributed by atoms with E-state index in [1.54, 1.807) is 0 Å². The van der Waals surface area contributed by atoms with Crippen LogP contribution in [-0.4, -0.2) is 13.2 Å². The van der Waals surface area contributed by atoms with Crippen molar-refractivity contribution >= 4 is 25.3 Å². The van der Waals surface area contributed by atoms with Crippen molar-refractivity contribution in [3.05, 3.63) is 60.2 Å². The molecular formula is C15H15BP. The first-order chi connectivity index (χ1) is 8.23. The minimum atomic E-state index is -1.65.